The molecule has 2 aromatic carbocycles. The van der Waals surface area contributed by atoms with Gasteiger partial charge in [-0.2, -0.15) is 0 Å². The summed E-state index contributed by atoms with van der Waals surface area (Å²) >= 11 is 4.91. The highest BCUT2D eigenvalue weighted by molar-refractivity contribution is 9.10. The summed E-state index contributed by atoms with van der Waals surface area (Å²) < 4.78 is 1.90. The van der Waals surface area contributed by atoms with Gasteiger partial charge < -0.3 is 11.1 Å². The maximum absolute atomic E-state index is 12.1. The van der Waals surface area contributed by atoms with Gasteiger partial charge in [0.2, 0.25) is 0 Å². The summed E-state index contributed by atoms with van der Waals surface area (Å²) in [4.78, 5) is 16.6. The molecule has 0 saturated heterocycles. The van der Waals surface area contributed by atoms with Gasteiger partial charge in [0.05, 0.1) is 16.8 Å². The number of benzene rings is 2. The van der Waals surface area contributed by atoms with Gasteiger partial charge in [-0.3, -0.25) is 4.79 Å². The van der Waals surface area contributed by atoms with Gasteiger partial charge in [0.25, 0.3) is 5.91 Å². The molecule has 0 aliphatic rings. The molecule has 3 aromatic rings. The van der Waals surface area contributed by atoms with Crippen LogP contribution in [-0.2, 0) is 6.54 Å². The van der Waals surface area contributed by atoms with Gasteiger partial charge in [0, 0.05) is 15.7 Å². The normalized spacial score (nSPS) is 10.7. The first-order chi connectivity index (χ1) is 10.1. The molecule has 1 aromatic heterocycles. The van der Waals surface area contributed by atoms with Crippen molar-refractivity contribution in [3.8, 4) is 0 Å². The molecule has 0 radical (unpaired) electrons. The van der Waals surface area contributed by atoms with Gasteiger partial charge in [0.1, 0.15) is 5.01 Å². The van der Waals surface area contributed by atoms with Crippen LogP contribution in [0.25, 0.3) is 10.2 Å². The standard InChI is InChI=1S/C15H12BrN3OS/c16-10-5-9(6-11(17)7-10)15(20)18-8-14-19-12-3-1-2-4-13(12)21-14/h1-7H,8,17H2,(H,18,20). The number of nitrogens with one attached hydrogen (secondary N) is 1. The maximum Gasteiger partial charge on any atom is 0.251 e. The third-order valence-corrected chi connectivity index (χ3v) is 4.41. The molecule has 4 nitrogen and oxygen atoms in total. The number of fused-ring (bicyclic) bond motifs is 1. The highest BCUT2D eigenvalue weighted by Crippen LogP contribution is 2.21. The van der Waals surface area contributed by atoms with Crippen LogP contribution in [0, 0.1) is 0 Å². The average molecular weight is 362 g/mol. The Morgan fingerprint density at radius 2 is 2.10 bits per heavy atom. The lowest BCUT2D eigenvalue weighted by molar-refractivity contribution is 0.0951. The van der Waals surface area contributed by atoms with Gasteiger partial charge in [-0.25, -0.2) is 4.98 Å². The Kier molecular flexibility index (Phi) is 3.90. The smallest absolute Gasteiger partial charge is 0.251 e. The average Bonchev–Trinajstić information content (AvgIpc) is 2.86. The van der Waals surface area contributed by atoms with Gasteiger partial charge in [-0.05, 0) is 30.3 Å². The Labute approximate surface area is 134 Å². The number of carbonyl (C=O) groups excluding carboxylic acids is 1. The molecule has 3 rings (SSSR count). The number of carbonyl (C=O) groups is 1. The second-order valence-corrected chi connectivity index (χ2v) is 6.56. The number of para-hydroxylation sites is 1. The number of halogens is 1. The summed E-state index contributed by atoms with van der Waals surface area (Å²) in [5.41, 5.74) is 7.77. The van der Waals surface area contributed by atoms with Crippen molar-refractivity contribution >= 4 is 49.1 Å². The van der Waals surface area contributed by atoms with Crippen molar-refractivity contribution in [2.45, 2.75) is 6.54 Å². The first kappa shape index (κ1) is 14.0. The van der Waals surface area contributed by atoms with E-state index in [-0.39, 0.29) is 5.91 Å². The number of hydrogen-bond donors (Lipinski definition) is 2. The van der Waals surface area contributed by atoms with E-state index >= 15 is 0 Å². The zero-order chi connectivity index (χ0) is 14.8. The number of nitrogens with zero attached hydrogens (tertiary/aromatic N) is 1. The number of thiazole rings is 1. The number of nitrogen functional groups attached to an aromatic ring is 1. The van der Waals surface area contributed by atoms with Crippen LogP contribution in [0.5, 0.6) is 0 Å². The summed E-state index contributed by atoms with van der Waals surface area (Å²) in [7, 11) is 0. The van der Waals surface area contributed by atoms with Crippen molar-refractivity contribution in [3.63, 3.8) is 0 Å². The topological polar surface area (TPSA) is 68.0 Å². The molecule has 0 fully saturated rings. The lowest BCUT2D eigenvalue weighted by Gasteiger charge is -2.05. The molecule has 0 aliphatic heterocycles. The lowest BCUT2D eigenvalue weighted by Crippen LogP contribution is -2.22. The fraction of sp³-hybridized carbons (Fsp3) is 0.0667. The van der Waals surface area contributed by atoms with E-state index in [1.165, 1.54) is 0 Å². The second-order valence-electron chi connectivity index (χ2n) is 4.53. The van der Waals surface area contributed by atoms with E-state index in [4.69, 9.17) is 5.73 Å². The van der Waals surface area contributed by atoms with E-state index in [0.29, 0.717) is 17.8 Å². The molecule has 1 amide bonds. The van der Waals surface area contributed by atoms with Crippen molar-refractivity contribution < 1.29 is 4.79 Å². The molecule has 0 atom stereocenters. The van der Waals surface area contributed by atoms with Crippen LogP contribution in [0.15, 0.2) is 46.9 Å². The van der Waals surface area contributed by atoms with Crippen molar-refractivity contribution in [2.24, 2.45) is 0 Å². The summed E-state index contributed by atoms with van der Waals surface area (Å²) in [6.07, 6.45) is 0. The van der Waals surface area contributed by atoms with Gasteiger partial charge in [0.15, 0.2) is 0 Å². The van der Waals surface area contributed by atoms with Crippen LogP contribution in [0.2, 0.25) is 0 Å². The Bertz CT molecular complexity index is 762. The van der Waals surface area contributed by atoms with E-state index in [2.05, 4.69) is 26.2 Å². The number of nitrogens with two attached hydrogens (primary N) is 1. The predicted octanol–water partition coefficient (Wildman–Crippen LogP) is 3.57. The monoisotopic (exact) mass is 361 g/mol. The highest BCUT2D eigenvalue weighted by Gasteiger charge is 2.09. The predicted molar refractivity (Wildman–Crippen MR) is 89.3 cm³/mol. The Hall–Kier alpha value is -1.92. The van der Waals surface area contributed by atoms with E-state index in [1.807, 2.05) is 24.3 Å². The zero-order valence-electron chi connectivity index (χ0n) is 11.0. The largest absolute Gasteiger partial charge is 0.399 e. The zero-order valence-corrected chi connectivity index (χ0v) is 13.4. The molecule has 1 heterocycles. The van der Waals surface area contributed by atoms with Crippen LogP contribution in [0.4, 0.5) is 5.69 Å². The summed E-state index contributed by atoms with van der Waals surface area (Å²) in [6.45, 7) is 0.407. The molecule has 6 heteroatoms. The van der Waals surface area contributed by atoms with Crippen molar-refractivity contribution in [2.75, 3.05) is 5.73 Å². The van der Waals surface area contributed by atoms with Crippen molar-refractivity contribution in [1.29, 1.82) is 0 Å². The molecule has 3 N–H and O–H groups in total. The summed E-state index contributed by atoms with van der Waals surface area (Å²) in [5, 5.41) is 3.75. The first-order valence-electron chi connectivity index (χ1n) is 6.30. The minimum Gasteiger partial charge on any atom is -0.399 e. The third-order valence-electron chi connectivity index (χ3n) is 2.92. The Morgan fingerprint density at radius 3 is 2.86 bits per heavy atom. The molecule has 0 saturated carbocycles. The van der Waals surface area contributed by atoms with Crippen LogP contribution in [0.3, 0.4) is 0 Å². The van der Waals surface area contributed by atoms with Crippen LogP contribution in [0.1, 0.15) is 15.4 Å². The highest BCUT2D eigenvalue weighted by atomic mass is 79.9. The SMILES string of the molecule is Nc1cc(Br)cc(C(=O)NCc2nc3ccccc3s2)c1. The minimum atomic E-state index is -0.165. The van der Waals surface area contributed by atoms with Gasteiger partial charge in [-0.1, -0.05) is 28.1 Å². The molecule has 0 aliphatic carbocycles. The molecule has 0 spiro atoms. The Morgan fingerprint density at radius 1 is 1.29 bits per heavy atom. The van der Waals surface area contributed by atoms with Crippen LogP contribution >= 0.6 is 27.3 Å². The number of aromatic nitrogens is 1. The maximum atomic E-state index is 12.1. The number of hydrogen-bond acceptors (Lipinski definition) is 4. The molecular weight excluding hydrogens is 350 g/mol. The third kappa shape index (κ3) is 3.22. The van der Waals surface area contributed by atoms with Crippen LogP contribution in [-0.4, -0.2) is 10.9 Å². The van der Waals surface area contributed by atoms with Gasteiger partial charge in [-0.15, -0.1) is 11.3 Å². The van der Waals surface area contributed by atoms with E-state index < -0.39 is 0 Å². The molecule has 21 heavy (non-hydrogen) atoms. The second kappa shape index (κ2) is 5.83. The number of anilines is 1. The molecular formula is C15H12BrN3OS. The Balaban J connectivity index is 1.73. The molecule has 0 bridgehead atoms. The number of rotatable bonds is 3. The number of amides is 1. The van der Waals surface area contributed by atoms with Crippen LogP contribution < -0.4 is 11.1 Å². The van der Waals surface area contributed by atoms with Gasteiger partial charge >= 0.3 is 0 Å². The van der Waals surface area contributed by atoms with E-state index in [0.717, 1.165) is 19.7 Å². The fourth-order valence-corrected chi connectivity index (χ4v) is 3.41. The van der Waals surface area contributed by atoms with E-state index in [9.17, 15) is 4.79 Å². The first-order valence-corrected chi connectivity index (χ1v) is 7.91. The van der Waals surface area contributed by atoms with Crippen molar-refractivity contribution in [1.82, 2.24) is 10.3 Å². The molecule has 106 valence electrons. The lowest BCUT2D eigenvalue weighted by atomic mass is 10.2. The van der Waals surface area contributed by atoms with Crippen molar-refractivity contribution in [3.05, 3.63) is 57.5 Å². The minimum absolute atomic E-state index is 0.165. The quantitative estimate of drug-likeness (QED) is 0.700. The fourth-order valence-electron chi connectivity index (χ4n) is 2.00. The summed E-state index contributed by atoms with van der Waals surface area (Å²) in [5.74, 6) is -0.165. The van der Waals surface area contributed by atoms with E-state index in [1.54, 1.807) is 29.5 Å². The molecule has 0 unspecified atom stereocenters. The summed E-state index contributed by atoms with van der Waals surface area (Å²) in [6, 6.07) is 13.1.